The van der Waals surface area contributed by atoms with Crippen molar-refractivity contribution in [2.45, 2.75) is 27.3 Å². The summed E-state index contributed by atoms with van der Waals surface area (Å²) in [4.78, 5) is 17.1. The molecule has 2 aliphatic rings. The number of thiocarbonyl (C=S) groups is 1. The number of benzene rings is 2. The number of aryl methyl sites for hydroxylation is 1. The zero-order valence-corrected chi connectivity index (χ0v) is 25.3. The molecule has 0 spiro atoms. The number of nitrogens with one attached hydrogen (secondary N) is 1. The molecule has 10 nitrogen and oxygen atoms in total. The molecule has 0 aliphatic carbocycles. The van der Waals surface area contributed by atoms with Crippen molar-refractivity contribution in [3.8, 4) is 11.5 Å². The third kappa shape index (κ3) is 5.34. The third-order valence-electron chi connectivity index (χ3n) is 7.80. The zero-order chi connectivity index (χ0) is 30.1. The van der Waals surface area contributed by atoms with Crippen molar-refractivity contribution in [1.82, 2.24) is 14.9 Å². The van der Waals surface area contributed by atoms with Crippen LogP contribution in [-0.4, -0.2) is 73.5 Å². The molecule has 0 radical (unpaired) electrons. The summed E-state index contributed by atoms with van der Waals surface area (Å²) < 4.78 is 41.0. The first-order valence-electron chi connectivity index (χ1n) is 13.9. The Morgan fingerprint density at radius 2 is 1.67 bits per heavy atom. The van der Waals surface area contributed by atoms with E-state index in [2.05, 4.69) is 33.1 Å². The number of likely N-dealkylation sites (N-methyl/N-ethyl adjacent to an activating group) is 1. The Kier molecular flexibility index (Phi) is 8.50. The van der Waals surface area contributed by atoms with Crippen molar-refractivity contribution in [2.24, 2.45) is 0 Å². The van der Waals surface area contributed by atoms with Crippen LogP contribution >= 0.6 is 12.2 Å². The number of hydrogen-bond acceptors (Lipinski definition) is 9. The second kappa shape index (κ2) is 12.1. The summed E-state index contributed by atoms with van der Waals surface area (Å²) in [7, 11) is 2.61. The van der Waals surface area contributed by atoms with Gasteiger partial charge < -0.3 is 40.1 Å². The molecule has 0 atom stereocenters. The fourth-order valence-electron chi connectivity index (χ4n) is 5.43. The number of piperazine rings is 1. The molecule has 2 aliphatic heterocycles. The standard InChI is InChI=1S/C29H36F2N8O2S/c1-6-36-8-10-37(11-9-36)19-12-17(3)25(20(32)13-19)34-28-33-15-18-16-39(29(42)38(7-2)27(18)35-28)26-23(30)21(40-4)14-22(41-5)24(26)31/h12-15H,6-11,16,32H2,1-5H3,(H,33,34,35). The van der Waals surface area contributed by atoms with Gasteiger partial charge in [-0.05, 0) is 50.3 Å². The molecule has 1 saturated heterocycles. The lowest BCUT2D eigenvalue weighted by molar-refractivity contribution is 0.271. The molecule has 3 heterocycles. The van der Waals surface area contributed by atoms with Crippen molar-refractivity contribution in [3.05, 3.63) is 47.2 Å². The van der Waals surface area contributed by atoms with Crippen LogP contribution < -0.4 is 35.2 Å². The maximum Gasteiger partial charge on any atom is 0.229 e. The summed E-state index contributed by atoms with van der Waals surface area (Å²) in [6, 6.07) is 5.27. The van der Waals surface area contributed by atoms with Gasteiger partial charge in [0.25, 0.3) is 0 Å². The summed E-state index contributed by atoms with van der Waals surface area (Å²) in [6.07, 6.45) is 1.63. The van der Waals surface area contributed by atoms with Crippen LogP contribution in [0.25, 0.3) is 0 Å². The lowest BCUT2D eigenvalue weighted by atomic mass is 10.1. The maximum absolute atomic E-state index is 15.4. The van der Waals surface area contributed by atoms with Crippen LogP contribution in [0, 0.1) is 18.6 Å². The molecule has 0 bridgehead atoms. The summed E-state index contributed by atoms with van der Waals surface area (Å²) in [6.45, 7) is 11.5. The number of rotatable bonds is 8. The number of aromatic nitrogens is 2. The number of halogens is 2. The van der Waals surface area contributed by atoms with Crippen molar-refractivity contribution >= 4 is 51.8 Å². The Morgan fingerprint density at radius 1 is 1.00 bits per heavy atom. The SMILES string of the molecule is CCN1CCN(c2cc(C)c(Nc3ncc4c(n3)N(CC)C(=S)N(c3c(F)c(OC)cc(OC)c3F)C4)c(N)c2)CC1. The van der Waals surface area contributed by atoms with E-state index in [1.54, 1.807) is 11.1 Å². The molecule has 0 saturated carbocycles. The van der Waals surface area contributed by atoms with Gasteiger partial charge >= 0.3 is 0 Å². The van der Waals surface area contributed by atoms with E-state index in [0.717, 1.165) is 49.7 Å². The van der Waals surface area contributed by atoms with E-state index in [-0.39, 0.29) is 28.8 Å². The summed E-state index contributed by atoms with van der Waals surface area (Å²) >= 11 is 5.72. The highest BCUT2D eigenvalue weighted by atomic mass is 32.1. The van der Waals surface area contributed by atoms with Gasteiger partial charge in [-0.2, -0.15) is 4.98 Å². The number of anilines is 6. The van der Waals surface area contributed by atoms with Gasteiger partial charge in [-0.1, -0.05) is 6.92 Å². The Bertz CT molecular complexity index is 1450. The van der Waals surface area contributed by atoms with E-state index in [1.165, 1.54) is 25.2 Å². The first-order chi connectivity index (χ1) is 20.2. The fourth-order valence-corrected chi connectivity index (χ4v) is 5.80. The molecule has 224 valence electrons. The van der Waals surface area contributed by atoms with Gasteiger partial charge in [0.1, 0.15) is 11.5 Å². The molecule has 2 aromatic carbocycles. The van der Waals surface area contributed by atoms with Crippen molar-refractivity contribution in [2.75, 3.05) is 79.2 Å². The van der Waals surface area contributed by atoms with Gasteiger partial charge in [-0.15, -0.1) is 0 Å². The second-order valence-electron chi connectivity index (χ2n) is 10.2. The predicted molar refractivity (Wildman–Crippen MR) is 166 cm³/mol. The van der Waals surface area contributed by atoms with Gasteiger partial charge in [-0.25, -0.2) is 13.8 Å². The topological polar surface area (TPSA) is 95.2 Å². The number of ether oxygens (including phenoxy) is 2. The van der Waals surface area contributed by atoms with Crippen LogP contribution in [0.3, 0.4) is 0 Å². The van der Waals surface area contributed by atoms with Crippen molar-refractivity contribution in [1.29, 1.82) is 0 Å². The van der Waals surface area contributed by atoms with Gasteiger partial charge in [-0.3, -0.25) is 0 Å². The fraction of sp³-hybridized carbons (Fsp3) is 0.414. The smallest absolute Gasteiger partial charge is 0.229 e. The van der Waals surface area contributed by atoms with Crippen LogP contribution in [0.15, 0.2) is 24.4 Å². The predicted octanol–water partition coefficient (Wildman–Crippen LogP) is 4.68. The second-order valence-corrected chi connectivity index (χ2v) is 10.6. The molecule has 3 N–H and O–H groups in total. The number of methoxy groups -OCH3 is 2. The van der Waals surface area contributed by atoms with E-state index in [4.69, 9.17) is 32.4 Å². The van der Waals surface area contributed by atoms with E-state index in [1.807, 2.05) is 19.9 Å². The van der Waals surface area contributed by atoms with E-state index in [9.17, 15) is 0 Å². The largest absolute Gasteiger partial charge is 0.493 e. The van der Waals surface area contributed by atoms with E-state index in [0.29, 0.717) is 29.6 Å². The van der Waals surface area contributed by atoms with Crippen LogP contribution in [0.2, 0.25) is 0 Å². The molecule has 1 aromatic heterocycles. The molecular weight excluding hydrogens is 562 g/mol. The van der Waals surface area contributed by atoms with Gasteiger partial charge in [0.2, 0.25) is 5.95 Å². The lowest BCUT2D eigenvalue weighted by Crippen LogP contribution is -2.48. The van der Waals surface area contributed by atoms with Gasteiger partial charge in [0, 0.05) is 56.2 Å². The number of nitrogens with two attached hydrogens (primary N) is 1. The minimum atomic E-state index is -0.876. The van der Waals surface area contributed by atoms with E-state index >= 15 is 8.78 Å². The van der Waals surface area contributed by atoms with Crippen molar-refractivity contribution < 1.29 is 18.3 Å². The number of nitrogen functional groups attached to an aromatic ring is 1. The Balaban J connectivity index is 1.43. The number of fused-ring (bicyclic) bond motifs is 1. The summed E-state index contributed by atoms with van der Waals surface area (Å²) in [5.41, 5.74) is 10.2. The Morgan fingerprint density at radius 3 is 2.24 bits per heavy atom. The average molecular weight is 599 g/mol. The van der Waals surface area contributed by atoms with Crippen LogP contribution in [0.5, 0.6) is 11.5 Å². The molecule has 1 fully saturated rings. The quantitative estimate of drug-likeness (QED) is 0.280. The minimum Gasteiger partial charge on any atom is -0.493 e. The Hall–Kier alpha value is -3.97. The summed E-state index contributed by atoms with van der Waals surface area (Å²) in [5, 5.41) is 3.46. The molecular formula is C29H36F2N8O2S. The number of nitrogens with zero attached hydrogens (tertiary/aromatic N) is 6. The van der Waals surface area contributed by atoms with Crippen LogP contribution in [-0.2, 0) is 6.54 Å². The first kappa shape index (κ1) is 29.5. The highest BCUT2D eigenvalue weighted by molar-refractivity contribution is 7.80. The minimum absolute atomic E-state index is 0.0519. The molecule has 0 unspecified atom stereocenters. The molecule has 0 amide bonds. The lowest BCUT2D eigenvalue weighted by Gasteiger charge is -2.38. The highest BCUT2D eigenvalue weighted by Gasteiger charge is 2.35. The third-order valence-corrected chi connectivity index (χ3v) is 8.24. The normalized spacial score (nSPS) is 15.6. The molecule has 3 aromatic rings. The van der Waals surface area contributed by atoms with Gasteiger partial charge in [0.05, 0.1) is 32.1 Å². The summed E-state index contributed by atoms with van der Waals surface area (Å²) in [5.74, 6) is -1.18. The molecule has 5 rings (SSSR count). The average Bonchev–Trinajstić information content (AvgIpc) is 2.99. The highest BCUT2D eigenvalue weighted by Crippen LogP contribution is 2.41. The zero-order valence-electron chi connectivity index (χ0n) is 24.5. The van der Waals surface area contributed by atoms with Crippen LogP contribution in [0.4, 0.5) is 43.3 Å². The number of hydrogen-bond donors (Lipinski definition) is 2. The first-order valence-corrected chi connectivity index (χ1v) is 14.3. The maximum atomic E-state index is 15.4. The molecule has 42 heavy (non-hydrogen) atoms. The molecule has 13 heteroatoms. The van der Waals surface area contributed by atoms with Gasteiger partial charge in [0.15, 0.2) is 28.2 Å². The van der Waals surface area contributed by atoms with Crippen LogP contribution in [0.1, 0.15) is 25.0 Å². The van der Waals surface area contributed by atoms with Crippen molar-refractivity contribution in [3.63, 3.8) is 0 Å². The monoisotopic (exact) mass is 598 g/mol. The Labute approximate surface area is 250 Å². The van der Waals surface area contributed by atoms with E-state index < -0.39 is 11.6 Å².